The number of likely N-dealkylation sites (tertiary alicyclic amines) is 2. The van der Waals surface area contributed by atoms with E-state index in [0.29, 0.717) is 24.2 Å². The van der Waals surface area contributed by atoms with Gasteiger partial charge in [0.2, 0.25) is 0 Å². The molecule has 0 amide bonds. The molecule has 3 atom stereocenters. The van der Waals surface area contributed by atoms with Crippen molar-refractivity contribution in [2.24, 2.45) is 11.8 Å². The summed E-state index contributed by atoms with van der Waals surface area (Å²) in [7, 11) is 0. The van der Waals surface area contributed by atoms with Gasteiger partial charge < -0.3 is 10.0 Å². The summed E-state index contributed by atoms with van der Waals surface area (Å²) in [5.74, 6) is 0.645. The van der Waals surface area contributed by atoms with Gasteiger partial charge in [-0.1, -0.05) is 61.2 Å². The zero-order valence-electron chi connectivity index (χ0n) is 27.8. The molecule has 3 aromatic rings. The van der Waals surface area contributed by atoms with Gasteiger partial charge >= 0.3 is 12.1 Å². The van der Waals surface area contributed by atoms with E-state index >= 15 is 0 Å². The van der Waals surface area contributed by atoms with E-state index < -0.39 is 23.8 Å². The largest absolute Gasteiger partial charge is 0.480 e. The molecule has 1 N–H and O–H groups in total. The second-order valence-electron chi connectivity index (χ2n) is 14.2. The highest BCUT2D eigenvalue weighted by molar-refractivity contribution is 5.74. The van der Waals surface area contributed by atoms with E-state index in [2.05, 4.69) is 58.7 Å². The molecule has 3 aliphatic rings. The maximum absolute atomic E-state index is 13.0. The van der Waals surface area contributed by atoms with Crippen LogP contribution in [-0.4, -0.2) is 69.4 Å². The number of nitrogens with zero attached hydrogens (tertiary/aromatic N) is 4. The summed E-state index contributed by atoms with van der Waals surface area (Å²) in [4.78, 5) is 17.5. The molecule has 6 nitrogen and oxygen atoms in total. The molecule has 0 bridgehead atoms. The number of alkyl halides is 3. The number of hydrogen-bond acceptors (Lipinski definition) is 4. The van der Waals surface area contributed by atoms with Crippen LogP contribution in [0.15, 0.2) is 54.6 Å². The monoisotopic (exact) mass is 650 g/mol. The number of piperidine rings is 1. The molecule has 9 heteroatoms. The number of rotatable bonds is 10. The van der Waals surface area contributed by atoms with Crippen molar-refractivity contribution in [2.45, 2.75) is 95.8 Å². The minimum Gasteiger partial charge on any atom is -0.480 e. The Balaban J connectivity index is 1.11. The van der Waals surface area contributed by atoms with E-state index in [1.165, 1.54) is 23.2 Å². The number of carboxylic acid groups (broad SMARTS) is 1. The number of benzene rings is 2. The van der Waals surface area contributed by atoms with E-state index in [0.717, 1.165) is 101 Å². The van der Waals surface area contributed by atoms with E-state index in [4.69, 9.17) is 5.10 Å². The number of carbonyl (C=O) groups is 1. The lowest BCUT2D eigenvalue weighted by Gasteiger charge is -2.35. The number of aliphatic carboxylic acids is 1. The smallest absolute Gasteiger partial charge is 0.416 e. The molecule has 2 saturated heterocycles. The molecular weight excluding hydrogens is 601 g/mol. The normalized spacial score (nSPS) is 22.9. The molecule has 0 spiro atoms. The molecule has 2 aromatic carbocycles. The fraction of sp³-hybridized carbons (Fsp3) is 0.579. The Hall–Kier alpha value is -3.17. The Kier molecular flexibility index (Phi) is 10.4. The van der Waals surface area contributed by atoms with Crippen LogP contribution >= 0.6 is 0 Å². The predicted molar refractivity (Wildman–Crippen MR) is 178 cm³/mol. The van der Waals surface area contributed by atoms with E-state index in [-0.39, 0.29) is 5.92 Å². The SMILES string of the molecule is CCn1nc(Cc2ccc(C(F)(F)F)cc2)cc1C1CCN(CC2CN(C(C(=O)O)C3CCCCC3)CC2c2cccc(C)c2)CC1. The van der Waals surface area contributed by atoms with Gasteiger partial charge in [0, 0.05) is 50.1 Å². The number of hydrogen-bond donors (Lipinski definition) is 1. The average molecular weight is 651 g/mol. The van der Waals surface area contributed by atoms with Gasteiger partial charge in [-0.3, -0.25) is 14.4 Å². The lowest BCUT2D eigenvalue weighted by Crippen LogP contribution is -2.46. The fourth-order valence-electron chi connectivity index (χ4n) is 8.62. The second-order valence-corrected chi connectivity index (χ2v) is 14.2. The van der Waals surface area contributed by atoms with Crippen LogP contribution in [0.4, 0.5) is 13.2 Å². The van der Waals surface area contributed by atoms with Crippen molar-refractivity contribution in [3.05, 3.63) is 88.2 Å². The van der Waals surface area contributed by atoms with Crippen molar-refractivity contribution in [3.8, 4) is 0 Å². The third-order valence-electron chi connectivity index (χ3n) is 11.0. The molecule has 254 valence electrons. The van der Waals surface area contributed by atoms with Gasteiger partial charge in [0.05, 0.1) is 11.3 Å². The molecule has 3 unspecified atom stereocenters. The first-order valence-electron chi connectivity index (χ1n) is 17.6. The predicted octanol–water partition coefficient (Wildman–Crippen LogP) is 7.75. The molecule has 0 radical (unpaired) electrons. The number of aromatic nitrogens is 2. The maximum Gasteiger partial charge on any atom is 0.416 e. The topological polar surface area (TPSA) is 61.6 Å². The van der Waals surface area contributed by atoms with E-state index in [9.17, 15) is 23.1 Å². The van der Waals surface area contributed by atoms with Crippen LogP contribution in [0.3, 0.4) is 0 Å². The van der Waals surface area contributed by atoms with Crippen molar-refractivity contribution in [1.82, 2.24) is 19.6 Å². The number of carboxylic acids is 1. The minimum atomic E-state index is -4.33. The van der Waals surface area contributed by atoms with Gasteiger partial charge in [0.25, 0.3) is 0 Å². The van der Waals surface area contributed by atoms with Crippen LogP contribution in [-0.2, 0) is 23.9 Å². The maximum atomic E-state index is 13.0. The average Bonchev–Trinajstić information content (AvgIpc) is 3.65. The van der Waals surface area contributed by atoms with Gasteiger partial charge in [-0.05, 0) is 93.8 Å². The van der Waals surface area contributed by atoms with Gasteiger partial charge in [-0.15, -0.1) is 0 Å². The van der Waals surface area contributed by atoms with Gasteiger partial charge in [-0.2, -0.15) is 18.3 Å². The van der Waals surface area contributed by atoms with Gasteiger partial charge in [-0.25, -0.2) is 0 Å². The Morgan fingerprint density at radius 3 is 2.34 bits per heavy atom. The molecule has 1 aliphatic carbocycles. The van der Waals surface area contributed by atoms with Crippen molar-refractivity contribution >= 4 is 5.97 Å². The lowest BCUT2D eigenvalue weighted by atomic mass is 9.83. The molecule has 1 aromatic heterocycles. The summed E-state index contributed by atoms with van der Waals surface area (Å²) in [6.45, 7) is 9.52. The van der Waals surface area contributed by atoms with Crippen LogP contribution in [0.1, 0.15) is 97.3 Å². The summed E-state index contributed by atoms with van der Waals surface area (Å²) in [6, 6.07) is 15.9. The summed E-state index contributed by atoms with van der Waals surface area (Å²) in [6.07, 6.45) is 3.74. The van der Waals surface area contributed by atoms with Gasteiger partial charge in [0.15, 0.2) is 0 Å². The zero-order valence-corrected chi connectivity index (χ0v) is 27.8. The van der Waals surface area contributed by atoms with Crippen LogP contribution in [0.5, 0.6) is 0 Å². The molecule has 2 aliphatic heterocycles. The van der Waals surface area contributed by atoms with E-state index in [1.54, 1.807) is 12.1 Å². The van der Waals surface area contributed by atoms with Crippen molar-refractivity contribution in [3.63, 3.8) is 0 Å². The summed E-state index contributed by atoms with van der Waals surface area (Å²) in [5.41, 5.74) is 4.87. The Labute approximate surface area is 277 Å². The van der Waals surface area contributed by atoms with Crippen LogP contribution in [0.25, 0.3) is 0 Å². The number of halogens is 3. The Morgan fingerprint density at radius 1 is 0.979 bits per heavy atom. The van der Waals surface area contributed by atoms with Gasteiger partial charge in [0.1, 0.15) is 6.04 Å². The standard InChI is InChI=1S/C38H49F3N4O2/c1-3-45-35(22-33(42-45)21-27-12-14-32(15-13-27)38(39,40)41)28-16-18-43(19-17-28)23-31-24-44(25-34(31)30-11-7-8-26(2)20-30)36(37(46)47)29-9-5-4-6-10-29/h7-8,11-15,20,22,28-29,31,34,36H,3-6,9-10,16-19,21,23-25H2,1-2H3,(H,46,47). The molecule has 6 rings (SSSR count). The third-order valence-corrected chi connectivity index (χ3v) is 11.0. The van der Waals surface area contributed by atoms with Crippen molar-refractivity contribution in [1.29, 1.82) is 0 Å². The first-order valence-corrected chi connectivity index (χ1v) is 17.6. The first-order chi connectivity index (χ1) is 22.6. The number of aryl methyl sites for hydroxylation is 2. The van der Waals surface area contributed by atoms with Crippen molar-refractivity contribution < 1.29 is 23.1 Å². The molecular formula is C38H49F3N4O2. The van der Waals surface area contributed by atoms with Crippen molar-refractivity contribution in [2.75, 3.05) is 32.7 Å². The third kappa shape index (κ3) is 7.94. The quantitative estimate of drug-likeness (QED) is 0.243. The first kappa shape index (κ1) is 33.7. The van der Waals surface area contributed by atoms with E-state index in [1.807, 2.05) is 0 Å². The minimum absolute atomic E-state index is 0.237. The second kappa shape index (κ2) is 14.5. The highest BCUT2D eigenvalue weighted by Crippen LogP contribution is 2.39. The highest BCUT2D eigenvalue weighted by Gasteiger charge is 2.43. The summed E-state index contributed by atoms with van der Waals surface area (Å²) >= 11 is 0. The molecule has 3 heterocycles. The Bertz CT molecular complexity index is 1490. The molecule has 47 heavy (non-hydrogen) atoms. The lowest BCUT2D eigenvalue weighted by molar-refractivity contribution is -0.145. The summed E-state index contributed by atoms with van der Waals surface area (Å²) in [5, 5.41) is 15.2. The molecule has 1 saturated carbocycles. The van der Waals surface area contributed by atoms with Crippen LogP contribution in [0.2, 0.25) is 0 Å². The zero-order chi connectivity index (χ0) is 33.1. The fourth-order valence-corrected chi connectivity index (χ4v) is 8.62. The summed E-state index contributed by atoms with van der Waals surface area (Å²) < 4.78 is 41.1. The van der Waals surface area contributed by atoms with Crippen LogP contribution in [0, 0.1) is 18.8 Å². The Morgan fingerprint density at radius 2 is 1.70 bits per heavy atom. The van der Waals surface area contributed by atoms with Crippen LogP contribution < -0.4 is 0 Å². The highest BCUT2D eigenvalue weighted by atomic mass is 19.4. The molecule has 3 fully saturated rings.